The van der Waals surface area contributed by atoms with Gasteiger partial charge in [0.25, 0.3) is 5.91 Å². The molecule has 2 N–H and O–H groups in total. The number of carbonyl (C=O) groups is 1. The van der Waals surface area contributed by atoms with E-state index in [2.05, 4.69) is 15.3 Å². The Morgan fingerprint density at radius 1 is 1.00 bits per heavy atom. The van der Waals surface area contributed by atoms with Crippen LogP contribution < -0.4 is 5.32 Å². The number of imidazole rings is 1. The van der Waals surface area contributed by atoms with Crippen molar-refractivity contribution in [2.45, 2.75) is 24.8 Å². The molecule has 0 fully saturated rings. The van der Waals surface area contributed by atoms with Gasteiger partial charge in [-0.15, -0.1) is 0 Å². The number of anilines is 1. The normalized spacial score (nSPS) is 11.9. The van der Waals surface area contributed by atoms with E-state index in [0.29, 0.717) is 17.1 Å². The van der Waals surface area contributed by atoms with E-state index in [1.807, 2.05) is 42.5 Å². The van der Waals surface area contributed by atoms with Crippen LogP contribution in [0.1, 0.15) is 24.2 Å². The van der Waals surface area contributed by atoms with Gasteiger partial charge in [0, 0.05) is 29.9 Å². The van der Waals surface area contributed by atoms with Crippen molar-refractivity contribution in [1.29, 1.82) is 0 Å². The number of aromatic nitrogens is 2. The summed E-state index contributed by atoms with van der Waals surface area (Å²) >= 11 is 0. The van der Waals surface area contributed by atoms with Gasteiger partial charge in [-0.05, 0) is 62.4 Å². The molecule has 0 aliphatic heterocycles. The van der Waals surface area contributed by atoms with Crippen molar-refractivity contribution in [1.82, 2.24) is 14.3 Å². The second-order valence-corrected chi connectivity index (χ2v) is 9.77. The molecule has 0 saturated carbocycles. The van der Waals surface area contributed by atoms with Crippen molar-refractivity contribution >= 4 is 32.7 Å². The highest BCUT2D eigenvalue weighted by atomic mass is 32.2. The minimum atomic E-state index is -3.60. The van der Waals surface area contributed by atoms with Crippen molar-refractivity contribution in [2.24, 2.45) is 0 Å². The molecule has 0 aliphatic carbocycles. The number of amides is 1. The molecule has 0 saturated heterocycles. The van der Waals surface area contributed by atoms with Crippen LogP contribution in [-0.4, -0.2) is 41.7 Å². The fourth-order valence-electron chi connectivity index (χ4n) is 3.26. The summed E-state index contributed by atoms with van der Waals surface area (Å²) in [5.74, 6) is 0.388. The van der Waals surface area contributed by atoms with Crippen molar-refractivity contribution in [3.63, 3.8) is 0 Å². The maximum Gasteiger partial charge on any atom is 0.255 e. The number of para-hydroxylation sites is 2. The predicted molar refractivity (Wildman–Crippen MR) is 126 cm³/mol. The summed E-state index contributed by atoms with van der Waals surface area (Å²) in [7, 11) is -2.06. The van der Waals surface area contributed by atoms with E-state index in [9.17, 15) is 13.2 Å². The number of carbonyl (C=O) groups excluding carboxylic acids is 1. The Kier molecular flexibility index (Phi) is 5.82. The van der Waals surface area contributed by atoms with Crippen LogP contribution in [0.15, 0.2) is 77.7 Å². The maximum absolute atomic E-state index is 12.7. The van der Waals surface area contributed by atoms with E-state index in [4.69, 9.17) is 0 Å². The Morgan fingerprint density at radius 2 is 1.72 bits per heavy atom. The smallest absolute Gasteiger partial charge is 0.255 e. The highest BCUT2D eigenvalue weighted by Crippen LogP contribution is 2.24. The van der Waals surface area contributed by atoms with Gasteiger partial charge in [-0.1, -0.05) is 24.3 Å². The van der Waals surface area contributed by atoms with Crippen LogP contribution in [0.4, 0.5) is 5.69 Å². The van der Waals surface area contributed by atoms with E-state index < -0.39 is 10.0 Å². The largest absolute Gasteiger partial charge is 0.338 e. The lowest BCUT2D eigenvalue weighted by Gasteiger charge is -2.21. The van der Waals surface area contributed by atoms with Gasteiger partial charge in [0.05, 0.1) is 15.9 Å². The number of hydrogen-bond donors (Lipinski definition) is 2. The third-order valence-electron chi connectivity index (χ3n) is 5.30. The zero-order chi connectivity index (χ0) is 22.9. The number of sulfonamides is 1. The molecule has 8 heteroatoms. The number of H-pyrrole nitrogens is 1. The molecule has 4 rings (SSSR count). The second-order valence-electron chi connectivity index (χ2n) is 7.78. The third-order valence-corrected chi connectivity index (χ3v) is 7.35. The molecule has 164 valence electrons. The number of rotatable bonds is 6. The summed E-state index contributed by atoms with van der Waals surface area (Å²) in [6, 6.07) is 20.9. The Balaban J connectivity index is 1.52. The fraction of sp³-hybridized carbons (Fsp3) is 0.167. The number of aromatic amines is 1. The molecule has 0 unspecified atom stereocenters. The lowest BCUT2D eigenvalue weighted by molar-refractivity contribution is 0.102. The van der Waals surface area contributed by atoms with Crippen LogP contribution in [0.25, 0.3) is 22.4 Å². The van der Waals surface area contributed by atoms with Gasteiger partial charge >= 0.3 is 0 Å². The van der Waals surface area contributed by atoms with E-state index >= 15 is 0 Å². The third kappa shape index (κ3) is 4.28. The summed E-state index contributed by atoms with van der Waals surface area (Å²) in [5, 5.41) is 2.86. The van der Waals surface area contributed by atoms with Gasteiger partial charge in [-0.25, -0.2) is 13.4 Å². The molecule has 0 aliphatic rings. The minimum absolute atomic E-state index is 0.150. The van der Waals surface area contributed by atoms with Gasteiger partial charge in [0.1, 0.15) is 5.82 Å². The summed E-state index contributed by atoms with van der Waals surface area (Å²) in [4.78, 5) is 20.7. The van der Waals surface area contributed by atoms with Crippen molar-refractivity contribution in [2.75, 3.05) is 12.4 Å². The molecule has 4 aromatic rings. The molecule has 1 aromatic heterocycles. The number of fused-ring (bicyclic) bond motifs is 1. The standard InChI is InChI=1S/C24H24N4O3S/c1-16(2)28(3)32(30,31)20-13-11-17(12-14-20)24(29)25-19-8-6-7-18(15-19)23-26-21-9-4-5-10-22(21)27-23/h4-16H,1-3H3,(H,25,29)(H,26,27). The number of nitrogens with one attached hydrogen (secondary N) is 2. The quantitative estimate of drug-likeness (QED) is 0.454. The van der Waals surface area contributed by atoms with E-state index in [1.165, 1.54) is 35.6 Å². The first-order valence-electron chi connectivity index (χ1n) is 10.2. The molecule has 1 heterocycles. The Hall–Kier alpha value is -3.49. The average molecular weight is 449 g/mol. The van der Waals surface area contributed by atoms with Gasteiger partial charge in [-0.3, -0.25) is 4.79 Å². The Bertz CT molecular complexity index is 1340. The Labute approximate surface area is 187 Å². The highest BCUT2D eigenvalue weighted by molar-refractivity contribution is 7.89. The molecular formula is C24H24N4O3S. The number of benzene rings is 3. The predicted octanol–water partition coefficient (Wildman–Crippen LogP) is 4.51. The van der Waals surface area contributed by atoms with Crippen LogP contribution in [0.2, 0.25) is 0 Å². The SMILES string of the molecule is CC(C)N(C)S(=O)(=O)c1ccc(C(=O)Nc2cccc(-c3nc4ccccc4[nH]3)c2)cc1. The van der Waals surface area contributed by atoms with Gasteiger partial charge < -0.3 is 10.3 Å². The highest BCUT2D eigenvalue weighted by Gasteiger charge is 2.23. The molecule has 0 radical (unpaired) electrons. The zero-order valence-electron chi connectivity index (χ0n) is 18.0. The van der Waals surface area contributed by atoms with Crippen molar-refractivity contribution in [3.05, 3.63) is 78.4 Å². The monoisotopic (exact) mass is 448 g/mol. The van der Waals surface area contributed by atoms with Crippen molar-refractivity contribution < 1.29 is 13.2 Å². The molecule has 1 amide bonds. The Morgan fingerprint density at radius 3 is 2.41 bits per heavy atom. The maximum atomic E-state index is 12.7. The number of nitrogens with zero attached hydrogens (tertiary/aromatic N) is 2. The van der Waals surface area contributed by atoms with Gasteiger partial charge in [0.2, 0.25) is 10.0 Å². The lowest BCUT2D eigenvalue weighted by Crippen LogP contribution is -2.33. The first kappa shape index (κ1) is 21.7. The van der Waals surface area contributed by atoms with Gasteiger partial charge in [-0.2, -0.15) is 4.31 Å². The second kappa shape index (κ2) is 8.57. The summed E-state index contributed by atoms with van der Waals surface area (Å²) in [6.45, 7) is 3.61. The molecule has 0 spiro atoms. The summed E-state index contributed by atoms with van der Waals surface area (Å²) < 4.78 is 26.5. The van der Waals surface area contributed by atoms with Crippen LogP contribution in [-0.2, 0) is 10.0 Å². The van der Waals surface area contributed by atoms with Crippen LogP contribution in [0.5, 0.6) is 0 Å². The fourth-order valence-corrected chi connectivity index (χ4v) is 4.63. The minimum Gasteiger partial charge on any atom is -0.338 e. The summed E-state index contributed by atoms with van der Waals surface area (Å²) in [6.07, 6.45) is 0. The van der Waals surface area contributed by atoms with Crippen LogP contribution >= 0.6 is 0 Å². The molecule has 0 bridgehead atoms. The van der Waals surface area contributed by atoms with Crippen molar-refractivity contribution in [3.8, 4) is 11.4 Å². The van der Waals surface area contributed by atoms with Gasteiger partial charge in [0.15, 0.2) is 0 Å². The van der Waals surface area contributed by atoms with E-state index in [0.717, 1.165) is 16.6 Å². The van der Waals surface area contributed by atoms with E-state index in [-0.39, 0.29) is 16.8 Å². The topological polar surface area (TPSA) is 95.2 Å². The first-order valence-corrected chi connectivity index (χ1v) is 11.6. The number of hydrogen-bond acceptors (Lipinski definition) is 4. The molecule has 7 nitrogen and oxygen atoms in total. The van der Waals surface area contributed by atoms with E-state index in [1.54, 1.807) is 19.9 Å². The molecular weight excluding hydrogens is 424 g/mol. The zero-order valence-corrected chi connectivity index (χ0v) is 18.8. The van der Waals surface area contributed by atoms with Crippen LogP contribution in [0, 0.1) is 0 Å². The molecule has 0 atom stereocenters. The van der Waals surface area contributed by atoms with Crippen LogP contribution in [0.3, 0.4) is 0 Å². The molecule has 3 aromatic carbocycles. The molecule has 32 heavy (non-hydrogen) atoms. The summed E-state index contributed by atoms with van der Waals surface area (Å²) in [5.41, 5.74) is 3.64. The first-order chi connectivity index (χ1) is 15.3. The lowest BCUT2D eigenvalue weighted by atomic mass is 10.1. The average Bonchev–Trinajstić information content (AvgIpc) is 3.23.